The highest BCUT2D eigenvalue weighted by atomic mass is 16.7. The number of amides is 2. The number of imide groups is 1. The maximum atomic E-state index is 9.95. The quantitative estimate of drug-likeness (QED) is 0.561. The highest BCUT2D eigenvalue weighted by Gasteiger charge is 2.19. The van der Waals surface area contributed by atoms with E-state index in [1.807, 2.05) is 0 Å². The average Bonchev–Trinajstić information content (AvgIpc) is 1.81. The summed E-state index contributed by atoms with van der Waals surface area (Å²) in [7, 11) is 0. The van der Waals surface area contributed by atoms with E-state index in [9.17, 15) is 9.59 Å². The Labute approximate surface area is 56.6 Å². The topological polar surface area (TPSA) is 87.1 Å². The molecule has 0 radical (unpaired) electrons. The fourth-order valence-corrected chi connectivity index (χ4v) is 0.321. The van der Waals surface area contributed by atoms with Gasteiger partial charge in [-0.1, -0.05) is 5.06 Å². The molecule has 0 aromatic carbocycles. The summed E-state index contributed by atoms with van der Waals surface area (Å²) in [6, 6.07) is 0. The van der Waals surface area contributed by atoms with Crippen LogP contribution in [0.1, 0.15) is 6.92 Å². The van der Waals surface area contributed by atoms with Crippen LogP contribution in [0.2, 0.25) is 0 Å². The van der Waals surface area contributed by atoms with Crippen molar-refractivity contribution < 1.29 is 24.6 Å². The third-order valence-electron chi connectivity index (χ3n) is 0.606. The van der Waals surface area contributed by atoms with Crippen molar-refractivity contribution in [3.63, 3.8) is 0 Å². The predicted octanol–water partition coefficient (Wildman–Crippen LogP) is 0.596. The van der Waals surface area contributed by atoms with Crippen LogP contribution in [0.3, 0.4) is 0 Å². The van der Waals surface area contributed by atoms with Crippen LogP contribution in [0, 0.1) is 0 Å². The van der Waals surface area contributed by atoms with Gasteiger partial charge in [0.15, 0.2) is 0 Å². The van der Waals surface area contributed by atoms with Gasteiger partial charge in [-0.15, -0.1) is 0 Å². The molecule has 0 heterocycles. The van der Waals surface area contributed by atoms with Gasteiger partial charge in [0.2, 0.25) is 0 Å². The molecule has 2 amide bonds. The second kappa shape index (κ2) is 3.67. The van der Waals surface area contributed by atoms with Crippen LogP contribution in [0.4, 0.5) is 9.59 Å². The first kappa shape index (κ1) is 8.70. The lowest BCUT2D eigenvalue weighted by Crippen LogP contribution is -2.34. The van der Waals surface area contributed by atoms with E-state index in [2.05, 4.69) is 4.84 Å². The SMILES string of the molecule is CCON(C(=O)O)C(=O)O. The molecule has 0 saturated heterocycles. The van der Waals surface area contributed by atoms with Gasteiger partial charge in [0, 0.05) is 0 Å². The number of rotatable bonds is 2. The van der Waals surface area contributed by atoms with E-state index in [4.69, 9.17) is 10.2 Å². The van der Waals surface area contributed by atoms with Crippen LogP contribution >= 0.6 is 0 Å². The molecule has 2 N–H and O–H groups in total. The summed E-state index contributed by atoms with van der Waals surface area (Å²) < 4.78 is 0. The zero-order chi connectivity index (χ0) is 8.15. The zero-order valence-electron chi connectivity index (χ0n) is 5.27. The van der Waals surface area contributed by atoms with Crippen molar-refractivity contribution in [2.45, 2.75) is 6.92 Å². The molecule has 0 aromatic rings. The van der Waals surface area contributed by atoms with E-state index < -0.39 is 12.2 Å². The Kier molecular flexibility index (Phi) is 3.20. The van der Waals surface area contributed by atoms with E-state index in [1.54, 1.807) is 0 Å². The third-order valence-corrected chi connectivity index (χ3v) is 0.606. The molecule has 58 valence electrons. The molecule has 0 fully saturated rings. The molecule has 0 spiro atoms. The largest absolute Gasteiger partial charge is 0.463 e. The van der Waals surface area contributed by atoms with Gasteiger partial charge in [-0.3, -0.25) is 4.84 Å². The Balaban J connectivity index is 3.98. The molecule has 0 atom stereocenters. The molecule has 0 aliphatic rings. The maximum Gasteiger partial charge on any atom is 0.441 e. The lowest BCUT2D eigenvalue weighted by Gasteiger charge is -2.09. The maximum absolute atomic E-state index is 9.95. The number of carboxylic acid groups (broad SMARTS) is 2. The Morgan fingerprint density at radius 1 is 1.40 bits per heavy atom. The minimum absolute atomic E-state index is 0.00139. The number of hydrogen-bond donors (Lipinski definition) is 2. The van der Waals surface area contributed by atoms with E-state index in [0.29, 0.717) is 0 Å². The number of hydrogen-bond acceptors (Lipinski definition) is 3. The summed E-state index contributed by atoms with van der Waals surface area (Å²) in [5.74, 6) is 0. The molecule has 0 bridgehead atoms. The molecule has 6 heteroatoms. The van der Waals surface area contributed by atoms with Gasteiger partial charge in [0.1, 0.15) is 0 Å². The zero-order valence-corrected chi connectivity index (χ0v) is 5.27. The first-order valence-corrected chi connectivity index (χ1v) is 2.48. The minimum Gasteiger partial charge on any atom is -0.463 e. The predicted molar refractivity (Wildman–Crippen MR) is 29.5 cm³/mol. The average molecular weight is 149 g/mol. The monoisotopic (exact) mass is 149 g/mol. The normalized spacial score (nSPS) is 8.90. The van der Waals surface area contributed by atoms with Gasteiger partial charge < -0.3 is 10.2 Å². The van der Waals surface area contributed by atoms with Gasteiger partial charge in [-0.25, -0.2) is 9.59 Å². The third kappa shape index (κ3) is 2.31. The summed E-state index contributed by atoms with van der Waals surface area (Å²) in [4.78, 5) is 24.1. The molecule has 6 nitrogen and oxygen atoms in total. The number of carbonyl (C=O) groups is 2. The fraction of sp³-hybridized carbons (Fsp3) is 0.500. The van der Waals surface area contributed by atoms with Gasteiger partial charge in [0.25, 0.3) is 0 Å². The van der Waals surface area contributed by atoms with E-state index in [0.717, 1.165) is 0 Å². The van der Waals surface area contributed by atoms with Gasteiger partial charge >= 0.3 is 12.2 Å². The molecular weight excluding hydrogens is 142 g/mol. The smallest absolute Gasteiger partial charge is 0.441 e. The molecule has 0 unspecified atom stereocenters. The van der Waals surface area contributed by atoms with Crippen LogP contribution in [0.25, 0.3) is 0 Å². The van der Waals surface area contributed by atoms with Crippen molar-refractivity contribution in [3.8, 4) is 0 Å². The van der Waals surface area contributed by atoms with E-state index >= 15 is 0 Å². The Morgan fingerprint density at radius 3 is 1.90 bits per heavy atom. The lowest BCUT2D eigenvalue weighted by atomic mass is 10.9. The molecule has 0 saturated carbocycles. The molecule has 0 aromatic heterocycles. The van der Waals surface area contributed by atoms with E-state index in [-0.39, 0.29) is 11.7 Å². The number of hydroxylamine groups is 2. The van der Waals surface area contributed by atoms with Crippen molar-refractivity contribution in [2.75, 3.05) is 6.61 Å². The van der Waals surface area contributed by atoms with Gasteiger partial charge in [0.05, 0.1) is 6.61 Å². The van der Waals surface area contributed by atoms with Crippen LogP contribution in [0.5, 0.6) is 0 Å². The standard InChI is InChI=1S/C4H7NO5/c1-2-10-5(3(6)7)4(8)9/h2H2,1H3,(H,6,7)(H,8,9). The van der Waals surface area contributed by atoms with Gasteiger partial charge in [-0.2, -0.15) is 0 Å². The Morgan fingerprint density at radius 2 is 1.80 bits per heavy atom. The Hall–Kier alpha value is -1.30. The highest BCUT2D eigenvalue weighted by Crippen LogP contribution is 1.91. The van der Waals surface area contributed by atoms with Crippen LogP contribution in [-0.4, -0.2) is 34.1 Å². The van der Waals surface area contributed by atoms with Crippen molar-refractivity contribution in [1.82, 2.24) is 5.06 Å². The molecule has 0 rings (SSSR count). The first-order valence-electron chi connectivity index (χ1n) is 2.48. The number of nitrogens with zero attached hydrogens (tertiary/aromatic N) is 1. The molecule has 10 heavy (non-hydrogen) atoms. The van der Waals surface area contributed by atoms with Crippen molar-refractivity contribution in [1.29, 1.82) is 0 Å². The Bertz CT molecular complexity index is 131. The minimum atomic E-state index is -1.64. The van der Waals surface area contributed by atoms with Crippen molar-refractivity contribution in [2.24, 2.45) is 0 Å². The second-order valence-electron chi connectivity index (χ2n) is 1.28. The molecule has 0 aliphatic heterocycles. The van der Waals surface area contributed by atoms with Crippen molar-refractivity contribution >= 4 is 12.2 Å². The lowest BCUT2D eigenvalue weighted by molar-refractivity contribution is -0.101. The molecule has 0 aliphatic carbocycles. The summed E-state index contributed by atoms with van der Waals surface area (Å²) in [5, 5.41) is 16.0. The van der Waals surface area contributed by atoms with Crippen molar-refractivity contribution in [3.05, 3.63) is 0 Å². The van der Waals surface area contributed by atoms with Crippen LogP contribution < -0.4 is 0 Å². The second-order valence-corrected chi connectivity index (χ2v) is 1.28. The fourth-order valence-electron chi connectivity index (χ4n) is 0.321. The van der Waals surface area contributed by atoms with Crippen LogP contribution in [0.15, 0.2) is 0 Å². The summed E-state index contributed by atoms with van der Waals surface area (Å²) in [6.07, 6.45) is -3.29. The highest BCUT2D eigenvalue weighted by molar-refractivity contribution is 5.83. The molecular formula is C4H7NO5. The van der Waals surface area contributed by atoms with Crippen LogP contribution in [-0.2, 0) is 4.84 Å². The summed E-state index contributed by atoms with van der Waals surface area (Å²) in [5.41, 5.74) is 0. The van der Waals surface area contributed by atoms with E-state index in [1.165, 1.54) is 6.92 Å². The summed E-state index contributed by atoms with van der Waals surface area (Å²) >= 11 is 0. The summed E-state index contributed by atoms with van der Waals surface area (Å²) in [6.45, 7) is 1.48. The van der Waals surface area contributed by atoms with Gasteiger partial charge in [-0.05, 0) is 6.92 Å². The first-order chi connectivity index (χ1) is 4.59.